The van der Waals surface area contributed by atoms with E-state index in [-0.39, 0.29) is 6.04 Å². The summed E-state index contributed by atoms with van der Waals surface area (Å²) in [5, 5.41) is 0. The lowest BCUT2D eigenvalue weighted by Gasteiger charge is -2.15. The Morgan fingerprint density at radius 3 is 2.70 bits per heavy atom. The van der Waals surface area contributed by atoms with Gasteiger partial charge in [0.1, 0.15) is 0 Å². The topological polar surface area (TPSA) is 44.5 Å². The first-order valence-corrected chi connectivity index (χ1v) is 8.89. The average Bonchev–Trinajstić information content (AvgIpc) is 2.44. The Balaban J connectivity index is 2.79. The number of rotatable bonds is 9. The fourth-order valence-corrected chi connectivity index (χ4v) is 2.92. The largest absolute Gasteiger partial charge is 0.493 e. The zero-order valence-corrected chi connectivity index (χ0v) is 14.9. The Morgan fingerprint density at radius 1 is 1.35 bits per heavy atom. The van der Waals surface area contributed by atoms with E-state index in [0.717, 1.165) is 40.3 Å². The summed E-state index contributed by atoms with van der Waals surface area (Å²) in [5.41, 5.74) is 7.17. The van der Waals surface area contributed by atoms with Crippen LogP contribution < -0.4 is 15.2 Å². The summed E-state index contributed by atoms with van der Waals surface area (Å²) in [4.78, 5) is 0. The molecule has 0 fully saturated rings. The van der Waals surface area contributed by atoms with Gasteiger partial charge in [-0.1, -0.05) is 13.8 Å². The van der Waals surface area contributed by atoms with Gasteiger partial charge in [-0.3, -0.25) is 0 Å². The maximum atomic E-state index is 6.01. The minimum atomic E-state index is 0.180. The van der Waals surface area contributed by atoms with E-state index in [1.165, 1.54) is 5.56 Å². The van der Waals surface area contributed by atoms with E-state index in [1.54, 1.807) is 7.11 Å². The van der Waals surface area contributed by atoms with Crippen LogP contribution in [0.2, 0.25) is 0 Å². The second kappa shape index (κ2) is 9.53. The van der Waals surface area contributed by atoms with E-state index in [0.29, 0.717) is 6.61 Å². The van der Waals surface area contributed by atoms with Crippen LogP contribution in [0.4, 0.5) is 0 Å². The van der Waals surface area contributed by atoms with E-state index in [4.69, 9.17) is 15.2 Å². The van der Waals surface area contributed by atoms with Crippen LogP contribution in [-0.2, 0) is 6.42 Å². The molecule has 1 aromatic rings. The predicted molar refractivity (Wildman–Crippen MR) is 91.2 cm³/mol. The van der Waals surface area contributed by atoms with Crippen molar-refractivity contribution < 1.29 is 9.47 Å². The molecule has 114 valence electrons. The van der Waals surface area contributed by atoms with Crippen LogP contribution in [0.15, 0.2) is 16.6 Å². The van der Waals surface area contributed by atoms with Gasteiger partial charge in [0.05, 0.1) is 18.2 Å². The van der Waals surface area contributed by atoms with Crippen molar-refractivity contribution in [1.82, 2.24) is 0 Å². The number of benzene rings is 1. The molecular weight excluding hydrogens is 338 g/mol. The highest BCUT2D eigenvalue weighted by molar-refractivity contribution is 9.10. The van der Waals surface area contributed by atoms with Gasteiger partial charge in [-0.2, -0.15) is 11.8 Å². The molecular formula is C15H24BrNO2S. The molecule has 20 heavy (non-hydrogen) atoms. The van der Waals surface area contributed by atoms with Crippen LogP contribution in [0.25, 0.3) is 0 Å². The molecule has 0 aliphatic heterocycles. The Bertz CT molecular complexity index is 415. The summed E-state index contributed by atoms with van der Waals surface area (Å²) < 4.78 is 12.2. The van der Waals surface area contributed by atoms with E-state index < -0.39 is 0 Å². The van der Waals surface area contributed by atoms with Gasteiger partial charge in [0.2, 0.25) is 0 Å². The lowest BCUT2D eigenvalue weighted by atomic mass is 10.0. The highest BCUT2D eigenvalue weighted by atomic mass is 79.9. The molecule has 1 aromatic carbocycles. The van der Waals surface area contributed by atoms with Crippen LogP contribution in [0, 0.1) is 0 Å². The standard InChI is InChI=1S/C15H24BrNO2S/c1-4-12(17)8-11-9-13(16)15(14(10-11)18-3)19-6-7-20-5-2/h9-10,12H,4-8,17H2,1-3H3. The van der Waals surface area contributed by atoms with E-state index in [1.807, 2.05) is 17.8 Å². The van der Waals surface area contributed by atoms with Gasteiger partial charge in [-0.15, -0.1) is 0 Å². The second-order valence-corrected chi connectivity index (χ2v) is 6.78. The number of ether oxygens (including phenoxy) is 2. The summed E-state index contributed by atoms with van der Waals surface area (Å²) in [6, 6.07) is 4.27. The number of methoxy groups -OCH3 is 1. The van der Waals surface area contributed by atoms with E-state index in [2.05, 4.69) is 35.8 Å². The SMILES string of the molecule is CCSCCOc1c(Br)cc(CC(N)CC)cc1OC. The lowest BCUT2D eigenvalue weighted by molar-refractivity contribution is 0.311. The first kappa shape index (κ1) is 17.7. The first-order chi connectivity index (χ1) is 9.62. The van der Waals surface area contributed by atoms with Crippen LogP contribution in [-0.4, -0.2) is 31.3 Å². The average molecular weight is 362 g/mol. The molecule has 0 aliphatic carbocycles. The summed E-state index contributed by atoms with van der Waals surface area (Å²) >= 11 is 5.43. The maximum absolute atomic E-state index is 6.01. The van der Waals surface area contributed by atoms with Crippen molar-refractivity contribution in [2.24, 2.45) is 5.73 Å². The molecule has 0 aromatic heterocycles. The number of hydrogen-bond donors (Lipinski definition) is 1. The summed E-state index contributed by atoms with van der Waals surface area (Å²) in [7, 11) is 1.67. The minimum Gasteiger partial charge on any atom is -0.493 e. The van der Waals surface area contributed by atoms with Crippen molar-refractivity contribution in [3.63, 3.8) is 0 Å². The Hall–Kier alpha value is -0.390. The molecule has 1 atom stereocenters. The van der Waals surface area contributed by atoms with Gasteiger partial charge >= 0.3 is 0 Å². The number of thioether (sulfide) groups is 1. The molecule has 1 rings (SSSR count). The van der Waals surface area contributed by atoms with Crippen molar-refractivity contribution in [1.29, 1.82) is 0 Å². The second-order valence-electron chi connectivity index (χ2n) is 4.53. The molecule has 0 saturated heterocycles. The molecule has 2 N–H and O–H groups in total. The molecule has 0 amide bonds. The Morgan fingerprint density at radius 2 is 2.10 bits per heavy atom. The van der Waals surface area contributed by atoms with E-state index in [9.17, 15) is 0 Å². The smallest absolute Gasteiger partial charge is 0.175 e. The first-order valence-electron chi connectivity index (χ1n) is 6.94. The summed E-state index contributed by atoms with van der Waals surface area (Å²) in [6.07, 6.45) is 1.81. The number of hydrogen-bond acceptors (Lipinski definition) is 4. The fourth-order valence-electron chi connectivity index (χ4n) is 1.83. The molecule has 0 heterocycles. The van der Waals surface area contributed by atoms with Gasteiger partial charge in [0, 0.05) is 11.8 Å². The third kappa shape index (κ3) is 5.54. The van der Waals surface area contributed by atoms with Gasteiger partial charge in [-0.05, 0) is 52.2 Å². The predicted octanol–water partition coefficient (Wildman–Crippen LogP) is 3.87. The number of nitrogens with two attached hydrogens (primary N) is 1. The highest BCUT2D eigenvalue weighted by Crippen LogP contribution is 2.37. The number of halogens is 1. The molecule has 0 saturated carbocycles. The third-order valence-electron chi connectivity index (χ3n) is 2.99. The van der Waals surface area contributed by atoms with Crippen molar-refractivity contribution in [2.75, 3.05) is 25.2 Å². The minimum absolute atomic E-state index is 0.180. The maximum Gasteiger partial charge on any atom is 0.175 e. The fraction of sp³-hybridized carbons (Fsp3) is 0.600. The molecule has 0 radical (unpaired) electrons. The van der Waals surface area contributed by atoms with Gasteiger partial charge in [-0.25, -0.2) is 0 Å². The monoisotopic (exact) mass is 361 g/mol. The highest BCUT2D eigenvalue weighted by Gasteiger charge is 2.13. The normalized spacial score (nSPS) is 12.2. The summed E-state index contributed by atoms with van der Waals surface area (Å²) in [6.45, 7) is 4.92. The van der Waals surface area contributed by atoms with E-state index >= 15 is 0 Å². The summed E-state index contributed by atoms with van der Waals surface area (Å²) in [5.74, 6) is 3.63. The zero-order chi connectivity index (χ0) is 15.0. The lowest BCUT2D eigenvalue weighted by Crippen LogP contribution is -2.21. The van der Waals surface area contributed by atoms with Crippen LogP contribution in [0.3, 0.4) is 0 Å². The van der Waals surface area contributed by atoms with Gasteiger partial charge < -0.3 is 15.2 Å². The molecule has 0 bridgehead atoms. The van der Waals surface area contributed by atoms with Crippen molar-refractivity contribution in [3.05, 3.63) is 22.2 Å². The molecule has 0 spiro atoms. The van der Waals surface area contributed by atoms with Crippen LogP contribution in [0.1, 0.15) is 25.8 Å². The third-order valence-corrected chi connectivity index (χ3v) is 4.44. The Labute approximate surface area is 134 Å². The Kier molecular flexibility index (Phi) is 8.41. The van der Waals surface area contributed by atoms with Crippen LogP contribution in [0.5, 0.6) is 11.5 Å². The van der Waals surface area contributed by atoms with Crippen molar-refractivity contribution in [3.8, 4) is 11.5 Å². The van der Waals surface area contributed by atoms with Gasteiger partial charge in [0.25, 0.3) is 0 Å². The zero-order valence-electron chi connectivity index (χ0n) is 12.4. The molecule has 1 unspecified atom stereocenters. The molecule has 3 nitrogen and oxygen atoms in total. The quantitative estimate of drug-likeness (QED) is 0.678. The van der Waals surface area contributed by atoms with Crippen molar-refractivity contribution >= 4 is 27.7 Å². The molecule has 0 aliphatic rings. The van der Waals surface area contributed by atoms with Gasteiger partial charge in [0.15, 0.2) is 11.5 Å². The molecule has 5 heteroatoms. The van der Waals surface area contributed by atoms with Crippen molar-refractivity contribution in [2.45, 2.75) is 32.7 Å². The van der Waals surface area contributed by atoms with Crippen LogP contribution >= 0.6 is 27.7 Å².